The third kappa shape index (κ3) is 2.55. The zero-order valence-electron chi connectivity index (χ0n) is 11.5. The summed E-state index contributed by atoms with van der Waals surface area (Å²) in [6, 6.07) is 2.81. The predicted molar refractivity (Wildman–Crippen MR) is 67.5 cm³/mol. The summed E-state index contributed by atoms with van der Waals surface area (Å²) < 4.78 is 51.6. The Morgan fingerprint density at radius 3 is 2.50 bits per heavy atom. The molecule has 0 heterocycles. The third-order valence-electron chi connectivity index (χ3n) is 4.60. The predicted octanol–water partition coefficient (Wildman–Crippen LogP) is 4.49. The van der Waals surface area contributed by atoms with Crippen molar-refractivity contribution in [3.63, 3.8) is 0 Å². The molecule has 1 nitrogen and oxygen atoms in total. The minimum atomic E-state index is -4.75. The Kier molecular flexibility index (Phi) is 3.84. The molecule has 1 fully saturated rings. The molecule has 0 radical (unpaired) electrons. The standard InChI is InChI=1S/C15H18F4O/c1-9-4-3-7-14(20,10(9)2)11-5-6-13(16)12(8-11)15(17,18)19/h5-6,8-10,20H,3-4,7H2,1-2H3. The second kappa shape index (κ2) is 5.02. The number of hydrogen-bond donors (Lipinski definition) is 1. The van der Waals surface area contributed by atoms with E-state index in [9.17, 15) is 22.7 Å². The summed E-state index contributed by atoms with van der Waals surface area (Å²) in [5, 5.41) is 10.8. The van der Waals surface area contributed by atoms with Gasteiger partial charge < -0.3 is 5.11 Å². The van der Waals surface area contributed by atoms with Gasteiger partial charge in [0, 0.05) is 0 Å². The normalized spacial score (nSPS) is 31.4. The van der Waals surface area contributed by atoms with Crippen molar-refractivity contribution in [2.75, 3.05) is 0 Å². The molecular formula is C15H18F4O. The van der Waals surface area contributed by atoms with Crippen molar-refractivity contribution < 1.29 is 22.7 Å². The minimum absolute atomic E-state index is 0.158. The molecule has 5 heteroatoms. The molecule has 1 aliphatic carbocycles. The summed E-state index contributed by atoms with van der Waals surface area (Å²) in [7, 11) is 0. The van der Waals surface area contributed by atoms with E-state index < -0.39 is 23.2 Å². The lowest BCUT2D eigenvalue weighted by atomic mass is 9.67. The highest BCUT2D eigenvalue weighted by Crippen LogP contribution is 2.45. The van der Waals surface area contributed by atoms with E-state index in [0.717, 1.165) is 25.0 Å². The fourth-order valence-electron chi connectivity index (χ4n) is 3.06. The quantitative estimate of drug-likeness (QED) is 0.756. The van der Waals surface area contributed by atoms with Crippen LogP contribution < -0.4 is 0 Å². The smallest absolute Gasteiger partial charge is 0.385 e. The molecule has 3 unspecified atom stereocenters. The Hall–Kier alpha value is -1.10. The lowest BCUT2D eigenvalue weighted by molar-refractivity contribution is -0.140. The summed E-state index contributed by atoms with van der Waals surface area (Å²) in [5.74, 6) is -1.25. The van der Waals surface area contributed by atoms with Gasteiger partial charge in [0.05, 0.1) is 11.2 Å². The lowest BCUT2D eigenvalue weighted by Crippen LogP contribution is -2.40. The van der Waals surface area contributed by atoms with Gasteiger partial charge in [0.25, 0.3) is 0 Å². The molecule has 1 aromatic rings. The topological polar surface area (TPSA) is 20.2 Å². The molecule has 3 atom stereocenters. The molecule has 1 aliphatic rings. The van der Waals surface area contributed by atoms with Crippen molar-refractivity contribution >= 4 is 0 Å². The monoisotopic (exact) mass is 290 g/mol. The van der Waals surface area contributed by atoms with Gasteiger partial charge in [-0.2, -0.15) is 13.2 Å². The SMILES string of the molecule is CC1CCCC(O)(c2ccc(F)c(C(F)(F)F)c2)C1C. The molecule has 1 N–H and O–H groups in total. The van der Waals surface area contributed by atoms with Crippen LogP contribution in [0, 0.1) is 17.7 Å². The van der Waals surface area contributed by atoms with E-state index in [4.69, 9.17) is 0 Å². The van der Waals surface area contributed by atoms with E-state index in [1.165, 1.54) is 6.07 Å². The highest BCUT2D eigenvalue weighted by molar-refractivity contribution is 5.32. The van der Waals surface area contributed by atoms with Gasteiger partial charge in [0.1, 0.15) is 5.82 Å². The molecule has 112 valence electrons. The molecule has 2 rings (SSSR count). The van der Waals surface area contributed by atoms with Crippen LogP contribution in [0.15, 0.2) is 18.2 Å². The number of aliphatic hydroxyl groups is 1. The highest BCUT2D eigenvalue weighted by Gasteiger charge is 2.43. The fourth-order valence-corrected chi connectivity index (χ4v) is 3.06. The van der Waals surface area contributed by atoms with Crippen LogP contribution in [-0.4, -0.2) is 5.11 Å². The molecule has 20 heavy (non-hydrogen) atoms. The average molecular weight is 290 g/mol. The minimum Gasteiger partial charge on any atom is -0.385 e. The molecule has 1 saturated carbocycles. The zero-order chi connectivity index (χ0) is 15.1. The zero-order valence-corrected chi connectivity index (χ0v) is 11.5. The van der Waals surface area contributed by atoms with Crippen molar-refractivity contribution in [1.82, 2.24) is 0 Å². The van der Waals surface area contributed by atoms with Crippen LogP contribution in [0.5, 0.6) is 0 Å². The van der Waals surface area contributed by atoms with E-state index in [2.05, 4.69) is 0 Å². The van der Waals surface area contributed by atoms with Crippen molar-refractivity contribution in [2.24, 2.45) is 11.8 Å². The van der Waals surface area contributed by atoms with E-state index in [1.807, 2.05) is 13.8 Å². The molecule has 0 aromatic heterocycles. The number of halogens is 4. The number of benzene rings is 1. The van der Waals surface area contributed by atoms with Gasteiger partial charge in [-0.3, -0.25) is 0 Å². The van der Waals surface area contributed by atoms with Crippen LogP contribution in [0.4, 0.5) is 17.6 Å². The van der Waals surface area contributed by atoms with Crippen LogP contribution in [-0.2, 0) is 11.8 Å². The van der Waals surface area contributed by atoms with Crippen molar-refractivity contribution in [1.29, 1.82) is 0 Å². The van der Waals surface area contributed by atoms with Crippen LogP contribution in [0.3, 0.4) is 0 Å². The number of alkyl halides is 3. The molecule has 0 amide bonds. The Morgan fingerprint density at radius 2 is 1.90 bits per heavy atom. The largest absolute Gasteiger partial charge is 0.419 e. The molecule has 1 aromatic carbocycles. The molecular weight excluding hydrogens is 272 g/mol. The second-order valence-corrected chi connectivity index (χ2v) is 5.77. The van der Waals surface area contributed by atoms with Gasteiger partial charge in [-0.25, -0.2) is 4.39 Å². The Balaban J connectivity index is 2.47. The molecule has 0 aliphatic heterocycles. The summed E-state index contributed by atoms with van der Waals surface area (Å²) >= 11 is 0. The first-order valence-electron chi connectivity index (χ1n) is 6.76. The Bertz CT molecular complexity index is 497. The summed E-state index contributed by atoms with van der Waals surface area (Å²) in [4.78, 5) is 0. The number of hydrogen-bond acceptors (Lipinski definition) is 1. The highest BCUT2D eigenvalue weighted by atomic mass is 19.4. The van der Waals surface area contributed by atoms with Gasteiger partial charge >= 0.3 is 6.18 Å². The first-order chi connectivity index (χ1) is 9.16. The van der Waals surface area contributed by atoms with E-state index in [-0.39, 0.29) is 17.4 Å². The van der Waals surface area contributed by atoms with Gasteiger partial charge in [-0.05, 0) is 42.4 Å². The van der Waals surface area contributed by atoms with Crippen molar-refractivity contribution in [2.45, 2.75) is 44.9 Å². The lowest BCUT2D eigenvalue weighted by Gasteiger charge is -2.42. The molecule has 0 saturated heterocycles. The first kappa shape index (κ1) is 15.3. The van der Waals surface area contributed by atoms with Gasteiger partial charge in [0.15, 0.2) is 0 Å². The molecule has 0 bridgehead atoms. The van der Waals surface area contributed by atoms with Crippen molar-refractivity contribution in [3.8, 4) is 0 Å². The summed E-state index contributed by atoms with van der Waals surface area (Å²) in [6.07, 6.45) is -2.65. The van der Waals surface area contributed by atoms with Crippen LogP contribution >= 0.6 is 0 Å². The second-order valence-electron chi connectivity index (χ2n) is 5.77. The summed E-state index contributed by atoms with van der Waals surface area (Å²) in [6.45, 7) is 3.81. The van der Waals surface area contributed by atoms with Gasteiger partial charge in [0.2, 0.25) is 0 Å². The van der Waals surface area contributed by atoms with E-state index in [0.29, 0.717) is 6.42 Å². The van der Waals surface area contributed by atoms with E-state index in [1.54, 1.807) is 0 Å². The van der Waals surface area contributed by atoms with Crippen molar-refractivity contribution in [3.05, 3.63) is 35.1 Å². The Morgan fingerprint density at radius 1 is 1.25 bits per heavy atom. The first-order valence-corrected chi connectivity index (χ1v) is 6.76. The fraction of sp³-hybridized carbons (Fsp3) is 0.600. The Labute approximate surface area is 115 Å². The van der Waals surface area contributed by atoms with Crippen LogP contribution in [0.25, 0.3) is 0 Å². The van der Waals surface area contributed by atoms with Gasteiger partial charge in [-0.1, -0.05) is 26.3 Å². The maximum atomic E-state index is 13.3. The number of rotatable bonds is 1. The molecule has 0 spiro atoms. The third-order valence-corrected chi connectivity index (χ3v) is 4.60. The summed E-state index contributed by atoms with van der Waals surface area (Å²) in [5.41, 5.74) is -2.47. The van der Waals surface area contributed by atoms with Gasteiger partial charge in [-0.15, -0.1) is 0 Å². The average Bonchev–Trinajstić information content (AvgIpc) is 2.35. The van der Waals surface area contributed by atoms with Crippen LogP contribution in [0.1, 0.15) is 44.2 Å². The van der Waals surface area contributed by atoms with Crippen LogP contribution in [0.2, 0.25) is 0 Å². The maximum Gasteiger partial charge on any atom is 0.419 e. The van der Waals surface area contributed by atoms with E-state index >= 15 is 0 Å². The maximum absolute atomic E-state index is 13.3.